The van der Waals surface area contributed by atoms with Crippen LogP contribution in [0.1, 0.15) is 32.8 Å². The van der Waals surface area contributed by atoms with Crippen molar-refractivity contribution in [2.75, 3.05) is 24.5 Å². The fourth-order valence-corrected chi connectivity index (χ4v) is 3.17. The number of anilines is 1. The summed E-state index contributed by atoms with van der Waals surface area (Å²) in [5, 5.41) is 3.23. The third-order valence-corrected chi connectivity index (χ3v) is 4.43. The number of amides is 1. The molecule has 0 radical (unpaired) electrons. The monoisotopic (exact) mass is 289 g/mol. The number of fused-ring (bicyclic) bond motifs is 1. The minimum absolute atomic E-state index is 0.275. The van der Waals surface area contributed by atoms with Crippen molar-refractivity contribution in [2.24, 2.45) is 11.7 Å². The zero-order valence-corrected chi connectivity index (χ0v) is 13.4. The summed E-state index contributed by atoms with van der Waals surface area (Å²) in [7, 11) is 0. The summed E-state index contributed by atoms with van der Waals surface area (Å²) in [6.07, 6.45) is 1.85. The van der Waals surface area contributed by atoms with Gasteiger partial charge < -0.3 is 16.0 Å². The highest BCUT2D eigenvalue weighted by atomic mass is 16.1. The Morgan fingerprint density at radius 1 is 1.48 bits per heavy atom. The lowest BCUT2D eigenvalue weighted by atomic mass is 9.91. The van der Waals surface area contributed by atoms with Gasteiger partial charge in [0.2, 0.25) is 5.91 Å². The fourth-order valence-electron chi connectivity index (χ4n) is 3.17. The molecule has 1 amide bonds. The molecule has 1 aromatic carbocycles. The number of nitrogens with two attached hydrogens (primary N) is 1. The highest BCUT2D eigenvalue weighted by Crippen LogP contribution is 2.30. The Labute approximate surface area is 127 Å². The van der Waals surface area contributed by atoms with Crippen LogP contribution in [0, 0.1) is 5.92 Å². The van der Waals surface area contributed by atoms with Crippen LogP contribution in [0.5, 0.6) is 0 Å². The molecule has 2 unspecified atom stereocenters. The Bertz CT molecular complexity index is 503. The quantitative estimate of drug-likeness (QED) is 0.841. The van der Waals surface area contributed by atoms with Crippen LogP contribution in [0.2, 0.25) is 0 Å². The van der Waals surface area contributed by atoms with Gasteiger partial charge in [-0.05, 0) is 43.9 Å². The molecule has 4 nitrogen and oxygen atoms in total. The van der Waals surface area contributed by atoms with Crippen LogP contribution in [0.4, 0.5) is 5.69 Å². The van der Waals surface area contributed by atoms with E-state index in [0.29, 0.717) is 5.92 Å². The Morgan fingerprint density at radius 2 is 2.19 bits per heavy atom. The highest BCUT2D eigenvalue weighted by Gasteiger charge is 2.31. The lowest BCUT2D eigenvalue weighted by molar-refractivity contribution is -0.124. The topological polar surface area (TPSA) is 58.4 Å². The second-order valence-electron chi connectivity index (χ2n) is 6.36. The fraction of sp³-hybridized carbons (Fsp3) is 0.588. The first kappa shape index (κ1) is 15.8. The van der Waals surface area contributed by atoms with Crippen LogP contribution < -0.4 is 16.0 Å². The number of nitrogens with one attached hydrogen (secondary N) is 1. The van der Waals surface area contributed by atoms with Crippen molar-refractivity contribution >= 4 is 11.6 Å². The van der Waals surface area contributed by atoms with E-state index in [9.17, 15) is 4.79 Å². The molecule has 0 spiro atoms. The van der Waals surface area contributed by atoms with E-state index in [-0.39, 0.29) is 5.91 Å². The van der Waals surface area contributed by atoms with E-state index >= 15 is 0 Å². The molecule has 4 heteroatoms. The number of nitrogens with zero attached hydrogens (tertiary/aromatic N) is 1. The number of carbonyl (C=O) groups is 1. The number of para-hydroxylation sites is 1. The molecular formula is C17H27N3O. The van der Waals surface area contributed by atoms with Crippen molar-refractivity contribution in [3.05, 3.63) is 29.8 Å². The van der Waals surface area contributed by atoms with E-state index in [2.05, 4.69) is 41.4 Å². The zero-order chi connectivity index (χ0) is 15.5. The van der Waals surface area contributed by atoms with Gasteiger partial charge in [0, 0.05) is 18.8 Å². The van der Waals surface area contributed by atoms with Crippen molar-refractivity contribution in [3.63, 3.8) is 0 Å². The van der Waals surface area contributed by atoms with E-state index in [1.54, 1.807) is 0 Å². The molecular weight excluding hydrogens is 262 g/mol. The van der Waals surface area contributed by atoms with Crippen molar-refractivity contribution in [3.8, 4) is 0 Å². The predicted molar refractivity (Wildman–Crippen MR) is 87.4 cm³/mol. The van der Waals surface area contributed by atoms with Crippen molar-refractivity contribution in [2.45, 2.75) is 39.2 Å². The molecule has 2 atom stereocenters. The number of rotatable bonds is 6. The molecule has 1 heterocycles. The largest absolute Gasteiger partial charge is 0.371 e. The number of hydrogen-bond acceptors (Lipinski definition) is 3. The second kappa shape index (κ2) is 6.48. The molecule has 0 saturated carbocycles. The normalized spacial score (nSPS) is 20.7. The highest BCUT2D eigenvalue weighted by molar-refractivity contribution is 5.84. The Balaban J connectivity index is 2.11. The molecule has 21 heavy (non-hydrogen) atoms. The van der Waals surface area contributed by atoms with Gasteiger partial charge in [-0.2, -0.15) is 0 Å². The predicted octanol–water partition coefficient (Wildman–Crippen LogP) is 1.93. The van der Waals surface area contributed by atoms with Gasteiger partial charge in [-0.15, -0.1) is 0 Å². The van der Waals surface area contributed by atoms with Gasteiger partial charge in [-0.25, -0.2) is 0 Å². The first-order valence-electron chi connectivity index (χ1n) is 7.84. The number of carbonyl (C=O) groups excluding carboxylic acids is 1. The molecule has 0 saturated heterocycles. The molecule has 0 fully saturated rings. The average Bonchev–Trinajstić information content (AvgIpc) is 2.44. The van der Waals surface area contributed by atoms with Gasteiger partial charge in [-0.1, -0.05) is 32.0 Å². The first-order chi connectivity index (χ1) is 9.96. The van der Waals surface area contributed by atoms with Gasteiger partial charge in [0.1, 0.15) is 0 Å². The number of benzene rings is 1. The molecule has 1 aliphatic rings. The summed E-state index contributed by atoms with van der Waals surface area (Å²) >= 11 is 0. The lowest BCUT2D eigenvalue weighted by Gasteiger charge is -2.37. The van der Waals surface area contributed by atoms with Gasteiger partial charge in [0.05, 0.1) is 5.54 Å². The molecule has 0 bridgehead atoms. The third kappa shape index (κ3) is 3.56. The summed E-state index contributed by atoms with van der Waals surface area (Å²) in [5.41, 5.74) is 7.65. The van der Waals surface area contributed by atoms with Crippen molar-refractivity contribution < 1.29 is 4.79 Å². The van der Waals surface area contributed by atoms with E-state index in [1.165, 1.54) is 11.3 Å². The molecule has 0 aromatic heterocycles. The molecule has 116 valence electrons. The third-order valence-electron chi connectivity index (χ3n) is 4.43. The van der Waals surface area contributed by atoms with Crippen LogP contribution in [-0.4, -0.2) is 31.1 Å². The number of likely N-dealkylation sites (N-methyl/N-ethyl adjacent to an activating group) is 1. The maximum atomic E-state index is 11.7. The average molecular weight is 289 g/mol. The Kier molecular flexibility index (Phi) is 4.88. The van der Waals surface area contributed by atoms with Crippen molar-refractivity contribution in [1.29, 1.82) is 0 Å². The van der Waals surface area contributed by atoms with E-state index < -0.39 is 5.54 Å². The molecule has 0 aliphatic carbocycles. The summed E-state index contributed by atoms with van der Waals surface area (Å²) in [4.78, 5) is 14.1. The zero-order valence-electron chi connectivity index (χ0n) is 13.4. The minimum Gasteiger partial charge on any atom is -0.371 e. The van der Waals surface area contributed by atoms with Crippen LogP contribution in [0.25, 0.3) is 0 Å². The minimum atomic E-state index is -0.635. The van der Waals surface area contributed by atoms with Crippen LogP contribution in [0.3, 0.4) is 0 Å². The van der Waals surface area contributed by atoms with Crippen LogP contribution >= 0.6 is 0 Å². The van der Waals surface area contributed by atoms with Gasteiger partial charge >= 0.3 is 0 Å². The number of hydrogen-bond donors (Lipinski definition) is 2. The van der Waals surface area contributed by atoms with Gasteiger partial charge in [0.25, 0.3) is 0 Å². The molecule has 1 aromatic rings. The van der Waals surface area contributed by atoms with Crippen LogP contribution in [-0.2, 0) is 11.2 Å². The smallest absolute Gasteiger partial charge is 0.237 e. The Hall–Kier alpha value is -1.55. The summed E-state index contributed by atoms with van der Waals surface area (Å²) in [6.45, 7) is 8.80. The molecule has 1 aliphatic heterocycles. The van der Waals surface area contributed by atoms with Crippen molar-refractivity contribution in [1.82, 2.24) is 5.32 Å². The maximum absolute atomic E-state index is 11.7. The maximum Gasteiger partial charge on any atom is 0.237 e. The lowest BCUT2D eigenvalue weighted by Crippen LogP contribution is -2.55. The SMILES string of the molecule is CCNC(C)(CCN1CC(C)Cc2ccccc21)C(N)=O. The van der Waals surface area contributed by atoms with Gasteiger partial charge in [0.15, 0.2) is 0 Å². The second-order valence-corrected chi connectivity index (χ2v) is 6.36. The molecule has 2 rings (SSSR count). The summed E-state index contributed by atoms with van der Waals surface area (Å²) < 4.78 is 0. The van der Waals surface area contributed by atoms with E-state index in [4.69, 9.17) is 5.73 Å². The first-order valence-corrected chi connectivity index (χ1v) is 7.84. The van der Waals surface area contributed by atoms with Crippen LogP contribution in [0.15, 0.2) is 24.3 Å². The summed E-state index contributed by atoms with van der Waals surface area (Å²) in [5.74, 6) is 0.363. The standard InChI is InChI=1S/C17H27N3O/c1-4-19-17(3,16(18)21)9-10-20-12-13(2)11-14-7-5-6-8-15(14)20/h5-8,13,19H,4,9-12H2,1-3H3,(H2,18,21). The Morgan fingerprint density at radius 3 is 2.86 bits per heavy atom. The number of primary amides is 1. The summed E-state index contributed by atoms with van der Waals surface area (Å²) in [6, 6.07) is 8.56. The molecule has 3 N–H and O–H groups in total. The van der Waals surface area contributed by atoms with E-state index in [1.807, 2.05) is 13.8 Å². The van der Waals surface area contributed by atoms with Gasteiger partial charge in [-0.3, -0.25) is 4.79 Å². The van der Waals surface area contributed by atoms with E-state index in [0.717, 1.165) is 32.5 Å².